The second-order valence-electron chi connectivity index (χ2n) is 4.42. The third kappa shape index (κ3) is 6.66. The standard InChI is InChI=1S/C13H17FN4O2S/c1-8(2)16-13(19)20-7-11(17-18-12(15)21)9-3-5-10(14)6-4-9/h3-6,8H,7H2,1-2H3,(H,16,19)(H3,15,18,21)/b17-11+. The molecule has 0 saturated heterocycles. The van der Waals surface area contributed by atoms with Crippen LogP contribution in [0.5, 0.6) is 0 Å². The summed E-state index contributed by atoms with van der Waals surface area (Å²) in [7, 11) is 0. The summed E-state index contributed by atoms with van der Waals surface area (Å²) in [4.78, 5) is 11.5. The van der Waals surface area contributed by atoms with Gasteiger partial charge in [-0.25, -0.2) is 9.18 Å². The molecule has 0 radical (unpaired) electrons. The maximum atomic E-state index is 12.9. The molecular formula is C13H17FN4O2S. The first-order chi connectivity index (χ1) is 9.88. The lowest BCUT2D eigenvalue weighted by Crippen LogP contribution is -2.33. The highest BCUT2D eigenvalue weighted by Gasteiger charge is 2.10. The van der Waals surface area contributed by atoms with Crippen LogP contribution in [0.3, 0.4) is 0 Å². The molecule has 0 aliphatic rings. The van der Waals surface area contributed by atoms with E-state index in [-0.39, 0.29) is 23.6 Å². The topological polar surface area (TPSA) is 88.7 Å². The summed E-state index contributed by atoms with van der Waals surface area (Å²) in [6.45, 7) is 3.51. The minimum Gasteiger partial charge on any atom is -0.443 e. The number of thiocarbonyl (C=S) groups is 1. The van der Waals surface area contributed by atoms with Gasteiger partial charge in [0.1, 0.15) is 18.1 Å². The maximum Gasteiger partial charge on any atom is 0.407 e. The number of carbonyl (C=O) groups is 1. The largest absolute Gasteiger partial charge is 0.443 e. The third-order valence-corrected chi connectivity index (χ3v) is 2.32. The second kappa shape index (κ2) is 8.15. The number of hydrogen-bond donors (Lipinski definition) is 3. The van der Waals surface area contributed by atoms with E-state index < -0.39 is 6.09 Å². The highest BCUT2D eigenvalue weighted by Crippen LogP contribution is 2.05. The Kier molecular flexibility index (Phi) is 6.54. The van der Waals surface area contributed by atoms with Crippen molar-refractivity contribution < 1.29 is 13.9 Å². The van der Waals surface area contributed by atoms with Crippen LogP contribution in [0.15, 0.2) is 29.4 Å². The zero-order valence-electron chi connectivity index (χ0n) is 11.7. The molecule has 0 saturated carbocycles. The van der Waals surface area contributed by atoms with E-state index in [0.717, 1.165) is 0 Å². The monoisotopic (exact) mass is 312 g/mol. The number of nitrogens with one attached hydrogen (secondary N) is 2. The smallest absolute Gasteiger partial charge is 0.407 e. The summed E-state index contributed by atoms with van der Waals surface area (Å²) in [5, 5.41) is 6.50. The lowest BCUT2D eigenvalue weighted by Gasteiger charge is -2.11. The predicted molar refractivity (Wildman–Crippen MR) is 82.5 cm³/mol. The lowest BCUT2D eigenvalue weighted by molar-refractivity contribution is 0.159. The Bertz CT molecular complexity index is 531. The van der Waals surface area contributed by atoms with E-state index >= 15 is 0 Å². The van der Waals surface area contributed by atoms with Crippen LogP contribution in [0.4, 0.5) is 9.18 Å². The molecule has 0 aliphatic carbocycles. The van der Waals surface area contributed by atoms with Crippen LogP contribution in [0, 0.1) is 5.82 Å². The molecule has 8 heteroatoms. The van der Waals surface area contributed by atoms with Gasteiger partial charge >= 0.3 is 6.09 Å². The molecule has 0 aliphatic heterocycles. The fraction of sp³-hybridized carbons (Fsp3) is 0.308. The van der Waals surface area contributed by atoms with Crippen LogP contribution < -0.4 is 16.5 Å². The van der Waals surface area contributed by atoms with Crippen LogP contribution in [0.2, 0.25) is 0 Å². The van der Waals surface area contributed by atoms with Crippen molar-refractivity contribution in [3.63, 3.8) is 0 Å². The fourth-order valence-corrected chi connectivity index (χ4v) is 1.40. The lowest BCUT2D eigenvalue weighted by atomic mass is 10.1. The molecule has 0 aromatic heterocycles. The first-order valence-electron chi connectivity index (χ1n) is 6.19. The molecule has 1 aromatic rings. The zero-order chi connectivity index (χ0) is 15.8. The van der Waals surface area contributed by atoms with E-state index in [1.165, 1.54) is 24.3 Å². The number of hydrazone groups is 1. The highest BCUT2D eigenvalue weighted by atomic mass is 32.1. The van der Waals surface area contributed by atoms with Crippen molar-refractivity contribution in [2.24, 2.45) is 10.8 Å². The summed E-state index contributed by atoms with van der Waals surface area (Å²) < 4.78 is 18.0. The minimum atomic E-state index is -0.574. The van der Waals surface area contributed by atoms with E-state index in [1.807, 2.05) is 13.8 Å². The quantitative estimate of drug-likeness (QED) is 0.435. The second-order valence-corrected chi connectivity index (χ2v) is 4.86. The van der Waals surface area contributed by atoms with Gasteiger partial charge in [0.05, 0.1) is 0 Å². The van der Waals surface area contributed by atoms with E-state index in [0.29, 0.717) is 11.3 Å². The SMILES string of the molecule is CC(C)NC(=O)OC/C(=N\NC(N)=S)c1ccc(F)cc1. The van der Waals surface area contributed by atoms with E-state index in [1.54, 1.807) is 0 Å². The van der Waals surface area contributed by atoms with E-state index in [9.17, 15) is 9.18 Å². The molecule has 0 unspecified atom stereocenters. The third-order valence-electron chi connectivity index (χ3n) is 2.23. The van der Waals surface area contributed by atoms with Gasteiger partial charge in [0.2, 0.25) is 0 Å². The summed E-state index contributed by atoms with van der Waals surface area (Å²) in [5.74, 6) is -0.376. The van der Waals surface area contributed by atoms with Gasteiger partial charge in [-0.15, -0.1) is 0 Å². The Balaban J connectivity index is 2.78. The maximum absolute atomic E-state index is 12.9. The first kappa shape index (κ1) is 16.8. The summed E-state index contributed by atoms with van der Waals surface area (Å²) in [6.07, 6.45) is -0.574. The molecule has 0 fully saturated rings. The normalized spacial score (nSPS) is 11.1. The number of carbonyl (C=O) groups excluding carboxylic acids is 1. The minimum absolute atomic E-state index is 0.0266. The molecule has 1 amide bonds. The Labute approximate surface area is 127 Å². The number of ether oxygens (including phenoxy) is 1. The van der Waals surface area contributed by atoms with Gasteiger partial charge in [-0.3, -0.25) is 5.43 Å². The Morgan fingerprint density at radius 3 is 2.57 bits per heavy atom. The van der Waals surface area contributed by atoms with Gasteiger partial charge in [-0.2, -0.15) is 5.10 Å². The van der Waals surface area contributed by atoms with Crippen LogP contribution in [-0.4, -0.2) is 29.6 Å². The Morgan fingerprint density at radius 1 is 1.43 bits per heavy atom. The molecule has 0 spiro atoms. The van der Waals surface area contributed by atoms with Gasteiger partial charge in [-0.1, -0.05) is 12.1 Å². The molecule has 6 nitrogen and oxygen atoms in total. The van der Waals surface area contributed by atoms with Gasteiger partial charge in [-0.05, 0) is 38.2 Å². The van der Waals surface area contributed by atoms with Gasteiger partial charge < -0.3 is 15.8 Å². The molecule has 0 atom stereocenters. The van der Waals surface area contributed by atoms with E-state index in [2.05, 4.69) is 28.1 Å². The van der Waals surface area contributed by atoms with Crippen molar-refractivity contribution in [2.45, 2.75) is 19.9 Å². The molecule has 0 bridgehead atoms. The number of hydrogen-bond acceptors (Lipinski definition) is 4. The molecule has 0 heterocycles. The zero-order valence-corrected chi connectivity index (χ0v) is 12.5. The average molecular weight is 312 g/mol. The van der Waals surface area contributed by atoms with Crippen molar-refractivity contribution in [3.05, 3.63) is 35.6 Å². The fourth-order valence-electron chi connectivity index (χ4n) is 1.36. The summed E-state index contributed by atoms with van der Waals surface area (Å²) >= 11 is 4.66. The summed E-state index contributed by atoms with van der Waals surface area (Å²) in [6, 6.07) is 5.54. The number of alkyl carbamates (subject to hydrolysis) is 1. The number of amides is 1. The first-order valence-corrected chi connectivity index (χ1v) is 6.60. The van der Waals surface area contributed by atoms with Gasteiger partial charge in [0, 0.05) is 11.6 Å². The van der Waals surface area contributed by atoms with Crippen molar-refractivity contribution in [1.29, 1.82) is 0 Å². The van der Waals surface area contributed by atoms with Crippen LogP contribution >= 0.6 is 12.2 Å². The van der Waals surface area contributed by atoms with Crippen LogP contribution in [0.1, 0.15) is 19.4 Å². The molecule has 21 heavy (non-hydrogen) atoms. The number of nitrogens with two attached hydrogens (primary N) is 1. The van der Waals surface area contributed by atoms with Crippen molar-refractivity contribution in [2.75, 3.05) is 6.61 Å². The molecule has 1 rings (SSSR count). The van der Waals surface area contributed by atoms with Gasteiger partial charge in [0.15, 0.2) is 5.11 Å². The molecule has 114 valence electrons. The van der Waals surface area contributed by atoms with Crippen LogP contribution in [-0.2, 0) is 4.74 Å². The van der Waals surface area contributed by atoms with Gasteiger partial charge in [0.25, 0.3) is 0 Å². The molecule has 1 aromatic carbocycles. The number of halogens is 1. The Hall–Kier alpha value is -2.22. The Morgan fingerprint density at radius 2 is 2.05 bits per heavy atom. The molecule has 4 N–H and O–H groups in total. The average Bonchev–Trinajstić information content (AvgIpc) is 2.39. The highest BCUT2D eigenvalue weighted by molar-refractivity contribution is 7.80. The number of nitrogens with zero attached hydrogens (tertiary/aromatic N) is 1. The van der Waals surface area contributed by atoms with Crippen molar-refractivity contribution in [1.82, 2.24) is 10.7 Å². The van der Waals surface area contributed by atoms with Crippen LogP contribution in [0.25, 0.3) is 0 Å². The molecular weight excluding hydrogens is 295 g/mol. The van der Waals surface area contributed by atoms with Crippen molar-refractivity contribution >= 4 is 29.1 Å². The van der Waals surface area contributed by atoms with Crippen molar-refractivity contribution in [3.8, 4) is 0 Å². The number of benzene rings is 1. The van der Waals surface area contributed by atoms with E-state index in [4.69, 9.17) is 10.5 Å². The number of rotatable bonds is 5. The summed E-state index contributed by atoms with van der Waals surface area (Å²) in [5.41, 5.74) is 8.66. The predicted octanol–water partition coefficient (Wildman–Crippen LogP) is 1.50.